The average molecular weight is 428 g/mol. The van der Waals surface area contributed by atoms with Crippen molar-refractivity contribution in [3.05, 3.63) is 69.2 Å². The maximum absolute atomic E-state index is 12.7. The smallest absolute Gasteiger partial charge is 0.321 e. The van der Waals surface area contributed by atoms with Gasteiger partial charge in [0.25, 0.3) is 0 Å². The fourth-order valence-electron chi connectivity index (χ4n) is 1.99. The van der Waals surface area contributed by atoms with Gasteiger partial charge in [0.2, 0.25) is 5.91 Å². The molecule has 144 valence electrons. The highest BCUT2D eigenvalue weighted by Crippen LogP contribution is 2.34. The first-order chi connectivity index (χ1) is 12.4. The van der Waals surface area contributed by atoms with Gasteiger partial charge in [-0.05, 0) is 48.0 Å². The Balaban J connectivity index is 2.22. The van der Waals surface area contributed by atoms with Crippen LogP contribution in [0.4, 0.5) is 32.0 Å². The van der Waals surface area contributed by atoms with Crippen LogP contribution in [0.1, 0.15) is 16.7 Å². The molecule has 0 fully saturated rings. The van der Waals surface area contributed by atoms with E-state index in [0.29, 0.717) is 6.07 Å². The molecule has 2 aromatic rings. The number of carbonyl (C=O) groups is 1. The zero-order valence-electron chi connectivity index (χ0n) is 13.1. The Morgan fingerprint density at radius 1 is 0.852 bits per heavy atom. The van der Waals surface area contributed by atoms with Gasteiger partial charge in [0.15, 0.2) is 0 Å². The molecule has 2 nitrogen and oxygen atoms in total. The molecule has 0 saturated carbocycles. The lowest BCUT2D eigenvalue weighted by molar-refractivity contribution is -0.138. The third-order valence-electron chi connectivity index (χ3n) is 3.29. The van der Waals surface area contributed by atoms with Crippen LogP contribution in [0.2, 0.25) is 10.0 Å². The van der Waals surface area contributed by atoms with Crippen molar-refractivity contribution in [3.8, 4) is 0 Å². The van der Waals surface area contributed by atoms with E-state index in [1.807, 2.05) is 0 Å². The van der Waals surface area contributed by atoms with Crippen LogP contribution in [0.25, 0.3) is 6.08 Å². The summed E-state index contributed by atoms with van der Waals surface area (Å²) >= 11 is 11.5. The van der Waals surface area contributed by atoms with E-state index in [9.17, 15) is 31.1 Å². The minimum Gasteiger partial charge on any atom is -0.321 e. The summed E-state index contributed by atoms with van der Waals surface area (Å²) in [5.41, 5.74) is -2.37. The summed E-state index contributed by atoms with van der Waals surface area (Å²) in [6.07, 6.45) is -7.39. The van der Waals surface area contributed by atoms with Crippen LogP contribution in [-0.2, 0) is 17.1 Å². The van der Waals surface area contributed by atoms with Crippen molar-refractivity contribution >= 4 is 40.9 Å². The summed E-state index contributed by atoms with van der Waals surface area (Å²) < 4.78 is 76.3. The second-order valence-electron chi connectivity index (χ2n) is 5.25. The van der Waals surface area contributed by atoms with Crippen LogP contribution in [0.3, 0.4) is 0 Å². The molecule has 0 spiro atoms. The van der Waals surface area contributed by atoms with Gasteiger partial charge < -0.3 is 5.32 Å². The van der Waals surface area contributed by atoms with Gasteiger partial charge in [0, 0.05) is 11.1 Å². The van der Waals surface area contributed by atoms with Crippen molar-refractivity contribution in [2.75, 3.05) is 5.32 Å². The summed E-state index contributed by atoms with van der Waals surface area (Å²) in [6.45, 7) is 0. The number of amides is 1. The number of rotatable bonds is 3. The zero-order valence-corrected chi connectivity index (χ0v) is 14.6. The number of carbonyl (C=O) groups excluding carboxylic acids is 1. The maximum Gasteiger partial charge on any atom is 0.416 e. The quantitative estimate of drug-likeness (QED) is 0.429. The van der Waals surface area contributed by atoms with Gasteiger partial charge >= 0.3 is 12.4 Å². The zero-order chi connectivity index (χ0) is 20.4. The molecule has 2 aromatic carbocycles. The Labute approximate surface area is 159 Å². The van der Waals surface area contributed by atoms with Crippen LogP contribution in [0.5, 0.6) is 0 Å². The van der Waals surface area contributed by atoms with Crippen LogP contribution < -0.4 is 5.32 Å². The van der Waals surface area contributed by atoms with E-state index >= 15 is 0 Å². The molecule has 10 heteroatoms. The van der Waals surface area contributed by atoms with Crippen LogP contribution >= 0.6 is 23.2 Å². The van der Waals surface area contributed by atoms with Crippen molar-refractivity contribution in [2.45, 2.75) is 12.4 Å². The lowest BCUT2D eigenvalue weighted by Gasteiger charge is -2.11. The Morgan fingerprint density at radius 2 is 1.37 bits per heavy atom. The van der Waals surface area contributed by atoms with Crippen molar-refractivity contribution < 1.29 is 31.1 Å². The molecule has 0 radical (unpaired) electrons. The normalized spacial score (nSPS) is 12.4. The molecule has 0 aliphatic rings. The van der Waals surface area contributed by atoms with E-state index in [1.54, 1.807) is 0 Å². The summed E-state index contributed by atoms with van der Waals surface area (Å²) in [7, 11) is 0. The largest absolute Gasteiger partial charge is 0.416 e. The van der Waals surface area contributed by atoms with Crippen LogP contribution in [-0.4, -0.2) is 5.91 Å². The highest BCUT2D eigenvalue weighted by atomic mass is 35.5. The number of nitrogens with one attached hydrogen (secondary N) is 1. The monoisotopic (exact) mass is 427 g/mol. The summed E-state index contributed by atoms with van der Waals surface area (Å²) in [5.74, 6) is -0.898. The van der Waals surface area contributed by atoms with Crippen LogP contribution in [0.15, 0.2) is 42.5 Å². The van der Waals surface area contributed by atoms with E-state index in [2.05, 4.69) is 5.32 Å². The van der Waals surface area contributed by atoms with E-state index < -0.39 is 29.4 Å². The summed E-state index contributed by atoms with van der Waals surface area (Å²) in [6, 6.07) is 4.89. The third-order valence-corrected chi connectivity index (χ3v) is 3.96. The Bertz CT molecular complexity index is 890. The Morgan fingerprint density at radius 3 is 1.93 bits per heavy atom. The van der Waals surface area contributed by atoms with E-state index in [-0.39, 0.29) is 21.3 Å². The molecule has 2 rings (SSSR count). The molecule has 0 aliphatic carbocycles. The number of hydrogen-bond acceptors (Lipinski definition) is 1. The third kappa shape index (κ3) is 5.64. The maximum atomic E-state index is 12.7. The number of alkyl halides is 6. The Kier molecular flexibility index (Phi) is 6.11. The molecule has 0 saturated heterocycles. The second kappa shape index (κ2) is 7.82. The lowest BCUT2D eigenvalue weighted by atomic mass is 10.1. The standard InChI is InChI=1S/C17H9Cl2F6NO/c18-12-4-2-10(16(20,21)22)7-9(12)1-6-15(27)26-14-8-11(17(23,24)25)3-5-13(14)19/h1-8H,(H,26,27)/b6-1+. The SMILES string of the molecule is O=C(/C=C/c1cc(C(F)(F)F)ccc1Cl)Nc1cc(C(F)(F)F)ccc1Cl. The lowest BCUT2D eigenvalue weighted by Crippen LogP contribution is -2.11. The predicted molar refractivity (Wildman–Crippen MR) is 90.6 cm³/mol. The first-order valence-corrected chi connectivity index (χ1v) is 7.86. The molecule has 0 heterocycles. The van der Waals surface area contributed by atoms with Gasteiger partial charge in [-0.3, -0.25) is 4.79 Å². The number of benzene rings is 2. The number of hydrogen-bond donors (Lipinski definition) is 1. The topological polar surface area (TPSA) is 29.1 Å². The van der Waals surface area contributed by atoms with Gasteiger partial charge in [-0.1, -0.05) is 23.2 Å². The molecule has 0 bridgehead atoms. The predicted octanol–water partition coefficient (Wildman–Crippen LogP) is 6.68. The van der Waals surface area contributed by atoms with Gasteiger partial charge in [-0.25, -0.2) is 0 Å². The molecule has 0 aromatic heterocycles. The van der Waals surface area contributed by atoms with Gasteiger partial charge in [0.1, 0.15) is 0 Å². The molecule has 27 heavy (non-hydrogen) atoms. The Hall–Kier alpha value is -2.19. The first-order valence-electron chi connectivity index (χ1n) is 7.10. The fraction of sp³-hybridized carbons (Fsp3) is 0.118. The minimum atomic E-state index is -4.63. The minimum absolute atomic E-state index is 0.0378. The number of halogens is 8. The molecular weight excluding hydrogens is 419 g/mol. The summed E-state index contributed by atoms with van der Waals surface area (Å²) in [4.78, 5) is 11.9. The fourth-order valence-corrected chi connectivity index (χ4v) is 2.33. The molecule has 0 aliphatic heterocycles. The van der Waals surface area contributed by atoms with Crippen molar-refractivity contribution in [3.63, 3.8) is 0 Å². The van der Waals surface area contributed by atoms with E-state index in [1.165, 1.54) is 0 Å². The van der Waals surface area contributed by atoms with Crippen LogP contribution in [0, 0.1) is 0 Å². The van der Waals surface area contributed by atoms with Gasteiger partial charge in [0.05, 0.1) is 21.8 Å². The summed E-state index contributed by atoms with van der Waals surface area (Å²) in [5, 5.41) is 1.96. The molecule has 1 amide bonds. The number of anilines is 1. The second-order valence-corrected chi connectivity index (χ2v) is 6.06. The highest BCUT2D eigenvalue weighted by molar-refractivity contribution is 6.34. The van der Waals surface area contributed by atoms with Crippen molar-refractivity contribution in [1.29, 1.82) is 0 Å². The van der Waals surface area contributed by atoms with E-state index in [0.717, 1.165) is 42.5 Å². The molecule has 0 atom stereocenters. The first kappa shape index (κ1) is 21.1. The molecule has 0 unspecified atom stereocenters. The average Bonchev–Trinajstić information content (AvgIpc) is 2.54. The highest BCUT2D eigenvalue weighted by Gasteiger charge is 2.31. The van der Waals surface area contributed by atoms with Crippen molar-refractivity contribution in [2.24, 2.45) is 0 Å². The van der Waals surface area contributed by atoms with E-state index in [4.69, 9.17) is 23.2 Å². The molecular formula is C17H9Cl2F6NO. The molecule has 1 N–H and O–H groups in total. The van der Waals surface area contributed by atoms with Gasteiger partial charge in [-0.15, -0.1) is 0 Å². The van der Waals surface area contributed by atoms with Gasteiger partial charge in [-0.2, -0.15) is 26.3 Å². The van der Waals surface area contributed by atoms with Crippen molar-refractivity contribution in [1.82, 2.24) is 0 Å².